The van der Waals surface area contributed by atoms with E-state index in [4.69, 9.17) is 18.9 Å². The van der Waals surface area contributed by atoms with Gasteiger partial charge in [0.05, 0.1) is 0 Å². The highest BCUT2D eigenvalue weighted by Crippen LogP contribution is 2.60. The Hall–Kier alpha value is -4.05. The molecule has 6 bridgehead atoms. The number of carboxylic acids is 3. The summed E-state index contributed by atoms with van der Waals surface area (Å²) < 4.78 is 22.4. The highest BCUT2D eigenvalue weighted by atomic mass is 16.8. The van der Waals surface area contributed by atoms with Gasteiger partial charge in [-0.05, 0) is 85.7 Å². The van der Waals surface area contributed by atoms with Crippen molar-refractivity contribution in [2.75, 3.05) is 6.54 Å². The lowest BCUT2D eigenvalue weighted by molar-refractivity contribution is -0.373. The molecular weight excluding hydrogens is 682 g/mol. The average molecular weight is 730 g/mol. The molecule has 2 heterocycles. The molecule has 4 saturated carbocycles. The summed E-state index contributed by atoms with van der Waals surface area (Å²) in [5.74, 6) is -8.58. The Balaban J connectivity index is 1.27. The van der Waals surface area contributed by atoms with Crippen LogP contribution in [0, 0.1) is 29.1 Å². The molecule has 6 aliphatic rings. The second kappa shape index (κ2) is 13.7. The van der Waals surface area contributed by atoms with Crippen molar-refractivity contribution in [3.8, 4) is 0 Å². The Morgan fingerprint density at radius 2 is 1.58 bits per heavy atom. The van der Waals surface area contributed by atoms with Crippen LogP contribution < -0.4 is 5.32 Å². The van der Waals surface area contributed by atoms with Gasteiger partial charge in [-0.2, -0.15) is 0 Å². The standard InChI is InChI=1S/C37H47NO14/c1-19(26(49-21(3)39)20(2)11-22-7-5-4-6-8-22)9-10-35-27(40)28(37(52-35,32(45)46)36(48,31(43)44)29(51-35)30(41)42)50-33(47)38-18-34-15-23-12-24(16-34)14-25(13-23)17-34/h4-8,20,23-29,40,48H,1,9-18H2,2-3H3,(H,38,47)(H,41,42)(H,43,44)(H,45,46)/t20?,23?,24?,25?,26?,27-,28-,29-,34?,35-,36-,37-/m1/s1. The minimum atomic E-state index is -3.89. The number of hydrogen-bond acceptors (Lipinski definition) is 11. The normalized spacial score (nSPS) is 38.2. The van der Waals surface area contributed by atoms with Crippen LogP contribution in [0.4, 0.5) is 4.79 Å². The molecule has 15 heteroatoms. The maximum absolute atomic E-state index is 13.4. The zero-order chi connectivity index (χ0) is 37.8. The van der Waals surface area contributed by atoms with Crippen LogP contribution in [0.1, 0.15) is 70.8 Å². The van der Waals surface area contributed by atoms with Gasteiger partial charge in [0.1, 0.15) is 12.2 Å². The monoisotopic (exact) mass is 729 g/mol. The van der Waals surface area contributed by atoms with Gasteiger partial charge in [0, 0.05) is 25.8 Å². The average Bonchev–Trinajstić information content (AvgIpc) is 3.28. The largest absolute Gasteiger partial charge is 0.479 e. The Morgan fingerprint density at radius 3 is 2.10 bits per heavy atom. The summed E-state index contributed by atoms with van der Waals surface area (Å²) in [6.45, 7) is 7.27. The summed E-state index contributed by atoms with van der Waals surface area (Å²) in [5.41, 5.74) is -6.42. The number of carboxylic acid groups (broad SMARTS) is 3. The molecule has 7 rings (SSSR count). The summed E-state index contributed by atoms with van der Waals surface area (Å²) >= 11 is 0. The number of alkyl carbamates (subject to hydrolysis) is 1. The number of aliphatic hydroxyl groups excluding tert-OH is 1. The number of carbonyl (C=O) groups excluding carboxylic acids is 2. The molecular formula is C37H47NO14. The number of ether oxygens (including phenoxy) is 4. The summed E-state index contributed by atoms with van der Waals surface area (Å²) in [5, 5.41) is 56.8. The van der Waals surface area contributed by atoms with Crippen molar-refractivity contribution in [3.63, 3.8) is 0 Å². The van der Waals surface area contributed by atoms with Gasteiger partial charge in [-0.15, -0.1) is 0 Å². The third kappa shape index (κ3) is 6.35. The van der Waals surface area contributed by atoms with E-state index >= 15 is 0 Å². The molecule has 52 heavy (non-hydrogen) atoms. The molecule has 8 atom stereocenters. The van der Waals surface area contributed by atoms with Gasteiger partial charge in [0.15, 0.2) is 6.10 Å². The lowest BCUT2D eigenvalue weighted by Crippen LogP contribution is -2.78. The van der Waals surface area contributed by atoms with Gasteiger partial charge in [0.25, 0.3) is 5.60 Å². The second-order valence-electron chi connectivity index (χ2n) is 15.8. The molecule has 1 aromatic carbocycles. The summed E-state index contributed by atoms with van der Waals surface area (Å²) in [7, 11) is 0. The van der Waals surface area contributed by atoms with Gasteiger partial charge < -0.3 is 49.8 Å². The van der Waals surface area contributed by atoms with Crippen LogP contribution >= 0.6 is 0 Å². The minimum Gasteiger partial charge on any atom is -0.479 e. The smallest absolute Gasteiger partial charge is 0.407 e. The third-order valence-corrected chi connectivity index (χ3v) is 12.0. The summed E-state index contributed by atoms with van der Waals surface area (Å²) in [4.78, 5) is 63.8. The van der Waals surface area contributed by atoms with E-state index in [1.54, 1.807) is 0 Å². The molecule has 1 amide bonds. The van der Waals surface area contributed by atoms with E-state index in [1.165, 1.54) is 6.92 Å². The molecule has 15 nitrogen and oxygen atoms in total. The molecule has 2 aliphatic heterocycles. The summed E-state index contributed by atoms with van der Waals surface area (Å²) in [6.07, 6.45) is -3.85. The number of nitrogens with one attached hydrogen (secondary N) is 1. The van der Waals surface area contributed by atoms with Crippen LogP contribution in [-0.4, -0.2) is 103 Å². The van der Waals surface area contributed by atoms with Gasteiger partial charge in [0.2, 0.25) is 17.5 Å². The van der Waals surface area contributed by atoms with Gasteiger partial charge >= 0.3 is 30.0 Å². The highest BCUT2D eigenvalue weighted by molar-refractivity contribution is 5.98. The molecule has 2 unspecified atom stereocenters. The molecule has 284 valence electrons. The topological polar surface area (TPSA) is 235 Å². The predicted molar refractivity (Wildman–Crippen MR) is 177 cm³/mol. The Kier molecular flexibility index (Phi) is 9.96. The van der Waals surface area contributed by atoms with Crippen LogP contribution in [0.5, 0.6) is 0 Å². The fourth-order valence-electron chi connectivity index (χ4n) is 10.2. The number of hydrogen-bond donors (Lipinski definition) is 6. The fraction of sp³-hybridized carbons (Fsp3) is 0.649. The van der Waals surface area contributed by atoms with Crippen molar-refractivity contribution in [1.29, 1.82) is 0 Å². The third-order valence-electron chi connectivity index (χ3n) is 12.0. The first-order chi connectivity index (χ1) is 24.4. The minimum absolute atomic E-state index is 0.185. The first kappa shape index (κ1) is 37.7. The SMILES string of the molecule is C=C(CC[C@@]12O[C@H](C(=O)O)[C@@](O)(C(=O)O)[C@@](C(=O)O)(O1)[C@H](OC(=O)NCC13CC4CC(CC(C4)C1)C3)[C@H]2O)C(OC(C)=O)C(C)Cc1ccccc1. The maximum Gasteiger partial charge on any atom is 0.407 e. The van der Waals surface area contributed by atoms with Crippen molar-refractivity contribution in [2.24, 2.45) is 29.1 Å². The molecule has 4 aliphatic carbocycles. The first-order valence-electron chi connectivity index (χ1n) is 17.8. The number of esters is 1. The Morgan fingerprint density at radius 1 is 0.981 bits per heavy atom. The van der Waals surface area contributed by atoms with E-state index in [9.17, 15) is 49.5 Å². The summed E-state index contributed by atoms with van der Waals surface area (Å²) in [6, 6.07) is 9.34. The van der Waals surface area contributed by atoms with E-state index in [-0.39, 0.29) is 29.9 Å². The van der Waals surface area contributed by atoms with Gasteiger partial charge in [-0.3, -0.25) is 4.79 Å². The number of aliphatic carboxylic acids is 3. The van der Waals surface area contributed by atoms with Crippen LogP contribution in [0.3, 0.4) is 0 Å². The van der Waals surface area contributed by atoms with Gasteiger partial charge in [-0.1, -0.05) is 43.8 Å². The molecule has 0 spiro atoms. The van der Waals surface area contributed by atoms with Crippen molar-refractivity contribution in [1.82, 2.24) is 5.32 Å². The van der Waals surface area contributed by atoms with Crippen molar-refractivity contribution < 1.29 is 68.5 Å². The van der Waals surface area contributed by atoms with E-state index in [0.717, 1.165) is 44.1 Å². The molecule has 0 radical (unpaired) electrons. The molecule has 1 aromatic rings. The van der Waals surface area contributed by atoms with Crippen LogP contribution in [-0.2, 0) is 44.5 Å². The maximum atomic E-state index is 13.4. The first-order valence-corrected chi connectivity index (χ1v) is 17.8. The quantitative estimate of drug-likeness (QED) is 0.119. The van der Waals surface area contributed by atoms with E-state index in [2.05, 4.69) is 11.9 Å². The zero-order valence-corrected chi connectivity index (χ0v) is 29.2. The van der Waals surface area contributed by atoms with Gasteiger partial charge in [-0.25, -0.2) is 19.2 Å². The number of aliphatic hydroxyl groups is 2. The van der Waals surface area contributed by atoms with Crippen molar-refractivity contribution in [2.45, 2.75) is 113 Å². The van der Waals surface area contributed by atoms with E-state index in [1.807, 2.05) is 37.3 Å². The van der Waals surface area contributed by atoms with Crippen LogP contribution in [0.15, 0.2) is 42.5 Å². The van der Waals surface area contributed by atoms with Crippen LogP contribution in [0.2, 0.25) is 0 Å². The number of fused-ring (bicyclic) bond motifs is 2. The Labute approximate surface area is 300 Å². The molecule has 6 fully saturated rings. The number of carbonyl (C=O) groups is 5. The second-order valence-corrected chi connectivity index (χ2v) is 15.8. The van der Waals surface area contributed by atoms with Crippen LogP contribution in [0.25, 0.3) is 0 Å². The van der Waals surface area contributed by atoms with E-state index in [0.29, 0.717) is 24.2 Å². The number of benzene rings is 1. The Bertz CT molecular complexity index is 1580. The van der Waals surface area contributed by atoms with Crippen molar-refractivity contribution >= 4 is 30.0 Å². The number of amides is 1. The highest BCUT2D eigenvalue weighted by Gasteiger charge is 2.86. The lowest BCUT2D eigenvalue weighted by atomic mass is 9.49. The lowest BCUT2D eigenvalue weighted by Gasteiger charge is -2.56. The zero-order valence-electron chi connectivity index (χ0n) is 29.2. The van der Waals surface area contributed by atoms with Crippen molar-refractivity contribution in [3.05, 3.63) is 48.0 Å². The molecule has 0 aromatic heterocycles. The molecule has 2 saturated heterocycles. The van der Waals surface area contributed by atoms with E-state index < -0.39 is 77.8 Å². The fourth-order valence-corrected chi connectivity index (χ4v) is 10.2. The number of rotatable bonds is 14. The molecule has 6 N–H and O–H groups in total. The predicted octanol–water partition coefficient (Wildman–Crippen LogP) is 2.65.